The lowest BCUT2D eigenvalue weighted by atomic mass is 9.87. The molecule has 0 saturated heterocycles. The third-order valence-electron chi connectivity index (χ3n) is 3.03. The van der Waals surface area contributed by atoms with Crippen molar-refractivity contribution in [3.63, 3.8) is 0 Å². The molecule has 1 atom stereocenters. The van der Waals surface area contributed by atoms with E-state index in [1.54, 1.807) is 0 Å². The predicted molar refractivity (Wildman–Crippen MR) is 66.7 cm³/mol. The summed E-state index contributed by atoms with van der Waals surface area (Å²) in [5, 5.41) is 3.59. The van der Waals surface area contributed by atoms with E-state index in [1.165, 1.54) is 10.0 Å². The summed E-state index contributed by atoms with van der Waals surface area (Å²) in [5.74, 6) is 0. The van der Waals surface area contributed by atoms with Crippen molar-refractivity contribution in [2.45, 2.75) is 37.9 Å². The van der Waals surface area contributed by atoms with Gasteiger partial charge in [-0.25, -0.2) is 0 Å². The average Bonchev–Trinajstić information content (AvgIpc) is 2.16. The maximum absolute atomic E-state index is 5.76. The maximum Gasteiger partial charge on any atom is 0.0305 e. The van der Waals surface area contributed by atoms with Gasteiger partial charge in [0, 0.05) is 22.6 Å². The van der Waals surface area contributed by atoms with Crippen LogP contribution in [0.3, 0.4) is 0 Å². The van der Waals surface area contributed by atoms with Crippen LogP contribution >= 0.6 is 15.9 Å². The summed E-state index contributed by atoms with van der Waals surface area (Å²) in [6.07, 6.45) is 2.21. The second kappa shape index (κ2) is 4.64. The van der Waals surface area contributed by atoms with E-state index in [1.807, 2.05) is 6.07 Å². The number of hydrogen-bond acceptors (Lipinski definition) is 2. The van der Waals surface area contributed by atoms with Crippen LogP contribution in [0.4, 0.5) is 0 Å². The molecule has 3 N–H and O–H groups in total. The van der Waals surface area contributed by atoms with Gasteiger partial charge >= 0.3 is 0 Å². The van der Waals surface area contributed by atoms with E-state index in [0.29, 0.717) is 18.1 Å². The lowest BCUT2D eigenvalue weighted by Crippen LogP contribution is -2.49. The zero-order valence-corrected chi connectivity index (χ0v) is 10.5. The third kappa shape index (κ3) is 2.60. The first-order chi connectivity index (χ1) is 7.16. The summed E-state index contributed by atoms with van der Waals surface area (Å²) in [7, 11) is 0. The minimum absolute atomic E-state index is 0.387. The Morgan fingerprint density at radius 2 is 2.07 bits per heavy atom. The molecule has 1 aliphatic carbocycles. The zero-order chi connectivity index (χ0) is 10.8. The minimum atomic E-state index is 0.387. The molecule has 1 aliphatic rings. The SMILES string of the molecule is C[C@@H](NC1CC(N)C1)c1ccccc1Br. The van der Waals surface area contributed by atoms with Crippen molar-refractivity contribution in [2.24, 2.45) is 5.73 Å². The third-order valence-corrected chi connectivity index (χ3v) is 3.75. The summed E-state index contributed by atoms with van der Waals surface area (Å²) >= 11 is 3.57. The van der Waals surface area contributed by atoms with Crippen LogP contribution in [0.1, 0.15) is 31.4 Å². The molecule has 2 nitrogen and oxygen atoms in total. The fraction of sp³-hybridized carbons (Fsp3) is 0.500. The Hall–Kier alpha value is -0.380. The van der Waals surface area contributed by atoms with E-state index in [-0.39, 0.29) is 0 Å². The Morgan fingerprint density at radius 1 is 1.40 bits per heavy atom. The molecule has 1 aromatic carbocycles. The van der Waals surface area contributed by atoms with E-state index in [4.69, 9.17) is 5.73 Å². The van der Waals surface area contributed by atoms with Crippen LogP contribution in [-0.2, 0) is 0 Å². The lowest BCUT2D eigenvalue weighted by molar-refractivity contribution is 0.272. The number of nitrogens with one attached hydrogen (secondary N) is 1. The fourth-order valence-electron chi connectivity index (χ4n) is 2.07. The molecule has 0 radical (unpaired) electrons. The van der Waals surface area contributed by atoms with Crippen molar-refractivity contribution in [2.75, 3.05) is 0 Å². The quantitative estimate of drug-likeness (QED) is 0.885. The minimum Gasteiger partial charge on any atom is -0.328 e. The van der Waals surface area contributed by atoms with Crippen LogP contribution in [0.5, 0.6) is 0 Å². The molecule has 0 heterocycles. The van der Waals surface area contributed by atoms with Crippen molar-refractivity contribution in [1.29, 1.82) is 0 Å². The van der Waals surface area contributed by atoms with Gasteiger partial charge in [-0.1, -0.05) is 34.1 Å². The number of hydrogen-bond donors (Lipinski definition) is 2. The highest BCUT2D eigenvalue weighted by molar-refractivity contribution is 9.10. The number of benzene rings is 1. The fourth-order valence-corrected chi connectivity index (χ4v) is 2.70. The van der Waals surface area contributed by atoms with Gasteiger partial charge in [0.2, 0.25) is 0 Å². The summed E-state index contributed by atoms with van der Waals surface area (Å²) < 4.78 is 1.17. The summed E-state index contributed by atoms with van der Waals surface area (Å²) in [6, 6.07) is 9.75. The molecule has 1 saturated carbocycles. The lowest BCUT2D eigenvalue weighted by Gasteiger charge is -2.35. The van der Waals surface area contributed by atoms with Gasteiger partial charge in [0.15, 0.2) is 0 Å². The highest BCUT2D eigenvalue weighted by Gasteiger charge is 2.27. The van der Waals surface area contributed by atoms with Crippen LogP contribution in [0.25, 0.3) is 0 Å². The van der Waals surface area contributed by atoms with Crippen molar-refractivity contribution in [3.8, 4) is 0 Å². The van der Waals surface area contributed by atoms with E-state index >= 15 is 0 Å². The Kier molecular flexibility index (Phi) is 3.44. The van der Waals surface area contributed by atoms with E-state index < -0.39 is 0 Å². The summed E-state index contributed by atoms with van der Waals surface area (Å²) in [5.41, 5.74) is 7.08. The van der Waals surface area contributed by atoms with Crippen molar-refractivity contribution < 1.29 is 0 Å². The van der Waals surface area contributed by atoms with Crippen LogP contribution in [0.2, 0.25) is 0 Å². The highest BCUT2D eigenvalue weighted by atomic mass is 79.9. The molecule has 15 heavy (non-hydrogen) atoms. The smallest absolute Gasteiger partial charge is 0.0305 e. The standard InChI is InChI=1S/C12H17BrN2/c1-8(15-10-6-9(14)7-10)11-4-2-3-5-12(11)13/h2-5,8-10,15H,6-7,14H2,1H3/t8-,9?,10?/m1/s1. The zero-order valence-electron chi connectivity index (χ0n) is 8.91. The molecule has 1 fully saturated rings. The number of halogens is 1. The van der Waals surface area contributed by atoms with Crippen molar-refractivity contribution in [3.05, 3.63) is 34.3 Å². The monoisotopic (exact) mass is 268 g/mol. The topological polar surface area (TPSA) is 38.0 Å². The molecule has 2 rings (SSSR count). The highest BCUT2D eigenvalue weighted by Crippen LogP contribution is 2.26. The first-order valence-corrected chi connectivity index (χ1v) is 6.22. The average molecular weight is 269 g/mol. The van der Waals surface area contributed by atoms with Crippen molar-refractivity contribution >= 4 is 15.9 Å². The van der Waals surface area contributed by atoms with Gasteiger partial charge in [-0.2, -0.15) is 0 Å². The Labute approximate surface area is 99.4 Å². The van der Waals surface area contributed by atoms with Gasteiger partial charge in [-0.3, -0.25) is 0 Å². The summed E-state index contributed by atoms with van der Waals surface area (Å²) in [6.45, 7) is 2.20. The normalized spacial score (nSPS) is 27.1. The molecule has 1 aromatic rings. The second-order valence-electron chi connectivity index (χ2n) is 4.34. The van der Waals surface area contributed by atoms with Gasteiger partial charge in [-0.15, -0.1) is 0 Å². The van der Waals surface area contributed by atoms with Gasteiger partial charge < -0.3 is 11.1 Å². The Balaban J connectivity index is 1.96. The molecule has 0 aliphatic heterocycles. The van der Waals surface area contributed by atoms with Gasteiger partial charge in [0.05, 0.1) is 0 Å². The second-order valence-corrected chi connectivity index (χ2v) is 5.19. The number of nitrogens with two attached hydrogens (primary N) is 1. The largest absolute Gasteiger partial charge is 0.328 e. The van der Waals surface area contributed by atoms with Gasteiger partial charge in [0.1, 0.15) is 0 Å². The molecular formula is C12H17BrN2. The van der Waals surface area contributed by atoms with Crippen LogP contribution in [-0.4, -0.2) is 12.1 Å². The number of rotatable bonds is 3. The van der Waals surface area contributed by atoms with E-state index in [2.05, 4.69) is 46.4 Å². The predicted octanol–water partition coefficient (Wildman–Crippen LogP) is 2.59. The molecule has 3 heteroatoms. The first-order valence-electron chi connectivity index (χ1n) is 5.43. The molecule has 0 spiro atoms. The Bertz CT molecular complexity index is 334. The van der Waals surface area contributed by atoms with Gasteiger partial charge in [-0.05, 0) is 31.4 Å². The molecule has 0 amide bonds. The molecular weight excluding hydrogens is 252 g/mol. The Morgan fingerprint density at radius 3 is 2.67 bits per heavy atom. The van der Waals surface area contributed by atoms with Crippen LogP contribution in [0, 0.1) is 0 Å². The van der Waals surface area contributed by atoms with Crippen molar-refractivity contribution in [1.82, 2.24) is 5.32 Å². The van der Waals surface area contributed by atoms with E-state index in [9.17, 15) is 0 Å². The van der Waals surface area contributed by atoms with E-state index in [0.717, 1.165) is 12.8 Å². The molecule has 0 bridgehead atoms. The molecule has 82 valence electrons. The maximum atomic E-state index is 5.76. The van der Waals surface area contributed by atoms with Gasteiger partial charge in [0.25, 0.3) is 0 Å². The van der Waals surface area contributed by atoms with Crippen LogP contribution < -0.4 is 11.1 Å². The molecule has 0 aromatic heterocycles. The van der Waals surface area contributed by atoms with Crippen LogP contribution in [0.15, 0.2) is 28.7 Å². The summed E-state index contributed by atoms with van der Waals surface area (Å²) in [4.78, 5) is 0. The molecule has 0 unspecified atom stereocenters. The first kappa shape index (κ1) is 11.1.